The largest absolute Gasteiger partial charge is 0.390 e. The minimum absolute atomic E-state index is 0.245. The number of carbonyl (C=O) groups excluding carboxylic acids is 1. The zero-order valence-electron chi connectivity index (χ0n) is 16.2. The molecule has 8 atom stereocenters. The highest BCUT2D eigenvalue weighted by atomic mass is 79.9. The van der Waals surface area contributed by atoms with Crippen LogP contribution >= 0.6 is 15.9 Å². The fourth-order valence-corrected chi connectivity index (χ4v) is 8.44. The van der Waals surface area contributed by atoms with Gasteiger partial charge in [-0.1, -0.05) is 29.8 Å². The Morgan fingerprint density at radius 2 is 1.68 bits per heavy atom. The van der Waals surface area contributed by atoms with Crippen LogP contribution in [0.2, 0.25) is 0 Å². The maximum atomic E-state index is 12.5. The first-order valence-corrected chi connectivity index (χ1v) is 11.6. The molecule has 4 fully saturated rings. The number of halogens is 1. The first-order chi connectivity index (χ1) is 11.7. The van der Waals surface area contributed by atoms with Crippen molar-refractivity contribution >= 4 is 21.7 Å². The molecule has 0 saturated heterocycles. The van der Waals surface area contributed by atoms with Crippen molar-refractivity contribution < 1.29 is 9.90 Å². The third-order valence-electron chi connectivity index (χ3n) is 9.47. The molecule has 0 spiro atoms. The molecule has 0 aliphatic heterocycles. The van der Waals surface area contributed by atoms with Gasteiger partial charge in [0.05, 0.1) is 10.9 Å². The number of fused-ring (bicyclic) bond motifs is 5. The normalized spacial score (nSPS) is 55.2. The topological polar surface area (TPSA) is 37.3 Å². The van der Waals surface area contributed by atoms with Gasteiger partial charge in [-0.05, 0) is 99.2 Å². The van der Waals surface area contributed by atoms with Gasteiger partial charge in [-0.3, -0.25) is 4.79 Å². The van der Waals surface area contributed by atoms with E-state index < -0.39 is 5.60 Å². The van der Waals surface area contributed by atoms with Gasteiger partial charge in [-0.2, -0.15) is 0 Å². The average molecular weight is 411 g/mol. The van der Waals surface area contributed by atoms with Crippen LogP contribution in [0, 0.1) is 40.4 Å². The summed E-state index contributed by atoms with van der Waals surface area (Å²) in [6.07, 6.45) is 10.7. The van der Waals surface area contributed by atoms with E-state index in [-0.39, 0.29) is 11.3 Å². The van der Waals surface area contributed by atoms with Crippen molar-refractivity contribution in [2.24, 2.45) is 40.4 Å². The van der Waals surface area contributed by atoms with Crippen molar-refractivity contribution in [2.45, 2.75) is 84.2 Å². The number of aliphatic hydroxyl groups is 1. The molecule has 3 heteroatoms. The third kappa shape index (κ3) is 2.70. The van der Waals surface area contributed by atoms with Gasteiger partial charge in [0, 0.05) is 5.92 Å². The summed E-state index contributed by atoms with van der Waals surface area (Å²) >= 11 is 3.43. The predicted molar refractivity (Wildman–Crippen MR) is 105 cm³/mol. The van der Waals surface area contributed by atoms with E-state index in [0.717, 1.165) is 37.0 Å². The Morgan fingerprint density at radius 3 is 2.40 bits per heavy atom. The first kappa shape index (κ1) is 18.5. The zero-order valence-corrected chi connectivity index (χ0v) is 17.8. The molecular weight excluding hydrogens is 376 g/mol. The number of Topliss-reactive ketones (excluding diaryl/α,β-unsaturated/α-hetero) is 1. The Balaban J connectivity index is 1.59. The Morgan fingerprint density at radius 1 is 0.960 bits per heavy atom. The summed E-state index contributed by atoms with van der Waals surface area (Å²) in [5.74, 6) is 3.81. The molecule has 1 N–H and O–H groups in total. The number of rotatable bonds is 2. The van der Waals surface area contributed by atoms with Gasteiger partial charge in [0.15, 0.2) is 0 Å². The van der Waals surface area contributed by atoms with E-state index in [2.05, 4.69) is 29.8 Å². The number of carbonyl (C=O) groups is 1. The lowest BCUT2D eigenvalue weighted by Crippen LogP contribution is -2.55. The van der Waals surface area contributed by atoms with Crippen LogP contribution in [0.1, 0.15) is 78.6 Å². The van der Waals surface area contributed by atoms with Crippen LogP contribution in [-0.2, 0) is 4.79 Å². The SMILES string of the molecule is CC12CC[C@@](C)(O)C[C@@H]1CC[C@@H]1[C@@H]2CC[C@]2(C)[C@@H](C(=O)CBr)CC[C@@H]12. The quantitative estimate of drug-likeness (QED) is 0.621. The van der Waals surface area contributed by atoms with E-state index in [1.54, 1.807) is 0 Å². The summed E-state index contributed by atoms with van der Waals surface area (Å²) in [4.78, 5) is 12.5. The summed E-state index contributed by atoms with van der Waals surface area (Å²) in [5, 5.41) is 11.1. The Labute approximate surface area is 161 Å². The van der Waals surface area contributed by atoms with Crippen LogP contribution in [0.3, 0.4) is 0 Å². The Bertz CT molecular complexity index is 558. The second-order valence-corrected chi connectivity index (χ2v) is 11.2. The molecule has 25 heavy (non-hydrogen) atoms. The number of alkyl halides is 1. The Kier molecular flexibility index (Phi) is 4.47. The van der Waals surface area contributed by atoms with E-state index in [9.17, 15) is 9.90 Å². The van der Waals surface area contributed by atoms with Crippen molar-refractivity contribution in [3.05, 3.63) is 0 Å². The molecule has 1 unspecified atom stereocenters. The summed E-state index contributed by atoms with van der Waals surface area (Å²) in [5.41, 5.74) is 0.223. The minimum Gasteiger partial charge on any atom is -0.390 e. The molecule has 4 rings (SSSR count). The molecule has 0 amide bonds. The highest BCUT2D eigenvalue weighted by Gasteiger charge is 2.61. The molecule has 4 aliphatic carbocycles. The second-order valence-electron chi connectivity index (χ2n) is 10.6. The zero-order chi connectivity index (χ0) is 18.0. The van der Waals surface area contributed by atoms with Gasteiger partial charge in [0.1, 0.15) is 5.78 Å². The molecule has 0 heterocycles. The van der Waals surface area contributed by atoms with Crippen molar-refractivity contribution in [3.8, 4) is 0 Å². The lowest BCUT2D eigenvalue weighted by molar-refractivity contribution is -0.150. The van der Waals surface area contributed by atoms with E-state index in [0.29, 0.717) is 22.4 Å². The molecule has 4 aliphatic rings. The van der Waals surface area contributed by atoms with E-state index in [1.165, 1.54) is 38.5 Å². The van der Waals surface area contributed by atoms with E-state index in [1.807, 2.05) is 6.92 Å². The summed E-state index contributed by atoms with van der Waals surface area (Å²) in [6.45, 7) is 7.03. The van der Waals surface area contributed by atoms with Gasteiger partial charge < -0.3 is 5.11 Å². The van der Waals surface area contributed by atoms with Crippen LogP contribution < -0.4 is 0 Å². The molecule has 0 aromatic carbocycles. The fraction of sp³-hybridized carbons (Fsp3) is 0.955. The molecule has 0 aromatic heterocycles. The van der Waals surface area contributed by atoms with Crippen molar-refractivity contribution in [1.29, 1.82) is 0 Å². The lowest BCUT2D eigenvalue weighted by atomic mass is 9.44. The van der Waals surface area contributed by atoms with Gasteiger partial charge in [0.25, 0.3) is 0 Å². The van der Waals surface area contributed by atoms with Crippen LogP contribution in [-0.4, -0.2) is 21.8 Å². The molecule has 0 bridgehead atoms. The predicted octanol–water partition coefficient (Wildman–Crippen LogP) is 5.36. The third-order valence-corrected chi connectivity index (χ3v) is 10.0. The molecular formula is C22H35BrO2. The second kappa shape index (κ2) is 6.06. The average Bonchev–Trinajstić information content (AvgIpc) is 2.92. The Hall–Kier alpha value is 0.110. The maximum Gasteiger partial charge on any atom is 0.147 e. The van der Waals surface area contributed by atoms with E-state index >= 15 is 0 Å². The van der Waals surface area contributed by atoms with Gasteiger partial charge in [-0.15, -0.1) is 0 Å². The highest BCUT2D eigenvalue weighted by Crippen LogP contribution is 2.68. The highest BCUT2D eigenvalue weighted by molar-refractivity contribution is 9.09. The smallest absolute Gasteiger partial charge is 0.147 e. The molecule has 4 saturated carbocycles. The summed E-state index contributed by atoms with van der Waals surface area (Å²) in [7, 11) is 0. The number of hydrogen-bond acceptors (Lipinski definition) is 2. The lowest BCUT2D eigenvalue weighted by Gasteiger charge is -2.61. The molecule has 0 aromatic rings. The van der Waals surface area contributed by atoms with Crippen LogP contribution in [0.5, 0.6) is 0 Å². The molecule has 2 nitrogen and oxygen atoms in total. The summed E-state index contributed by atoms with van der Waals surface area (Å²) < 4.78 is 0. The first-order valence-electron chi connectivity index (χ1n) is 10.5. The monoisotopic (exact) mass is 410 g/mol. The van der Waals surface area contributed by atoms with Crippen LogP contribution in [0.25, 0.3) is 0 Å². The van der Waals surface area contributed by atoms with Gasteiger partial charge in [0.2, 0.25) is 0 Å². The molecule has 142 valence electrons. The van der Waals surface area contributed by atoms with Crippen molar-refractivity contribution in [2.75, 3.05) is 5.33 Å². The van der Waals surface area contributed by atoms with Gasteiger partial charge in [-0.25, -0.2) is 0 Å². The summed E-state index contributed by atoms with van der Waals surface area (Å²) in [6, 6.07) is 0. The molecule has 0 radical (unpaired) electrons. The fourth-order valence-electron chi connectivity index (χ4n) is 8.05. The van der Waals surface area contributed by atoms with Crippen molar-refractivity contribution in [3.63, 3.8) is 0 Å². The van der Waals surface area contributed by atoms with Crippen LogP contribution in [0.4, 0.5) is 0 Å². The number of hydrogen-bond donors (Lipinski definition) is 1. The van der Waals surface area contributed by atoms with Crippen molar-refractivity contribution in [1.82, 2.24) is 0 Å². The van der Waals surface area contributed by atoms with Crippen LogP contribution in [0.15, 0.2) is 0 Å². The van der Waals surface area contributed by atoms with Gasteiger partial charge >= 0.3 is 0 Å². The number of ketones is 1. The van der Waals surface area contributed by atoms with E-state index in [4.69, 9.17) is 0 Å². The standard InChI is InChI=1S/C22H35BrO2/c1-20(25)10-11-21(2)14(12-20)4-5-15-16-6-7-18(19(24)13-23)22(16,3)9-8-17(15)21/h14-18,25H,4-13H2,1-3H3/t14-,15-,16-,17-,18+,20+,21?,22-/m0/s1. The maximum absolute atomic E-state index is 12.5. The minimum atomic E-state index is -0.444.